The maximum atomic E-state index is 13.1. The largest absolute Gasteiger partial charge is 0.447 e. The summed E-state index contributed by atoms with van der Waals surface area (Å²) in [6.07, 6.45) is 1.98. The molecule has 0 aromatic heterocycles. The van der Waals surface area contributed by atoms with E-state index in [4.69, 9.17) is 21.1 Å². The number of hydrogen-bond donors (Lipinski definition) is 2. The van der Waals surface area contributed by atoms with E-state index in [2.05, 4.69) is 10.6 Å². The number of halogens is 1. The molecule has 1 aliphatic carbocycles. The molecule has 3 rings (SSSR count). The van der Waals surface area contributed by atoms with E-state index in [1.165, 1.54) is 7.11 Å². The van der Waals surface area contributed by atoms with Crippen LogP contribution in [0.15, 0.2) is 48.5 Å². The number of amides is 2. The number of anilines is 2. The normalized spacial score (nSPS) is 14.6. The Morgan fingerprint density at radius 3 is 2.39 bits per heavy atom. The summed E-state index contributed by atoms with van der Waals surface area (Å²) in [5.74, 6) is -0.0687. The summed E-state index contributed by atoms with van der Waals surface area (Å²) >= 11 is 6.12. The molecular formula is C21H23ClN2O4. The third-order valence-corrected chi connectivity index (χ3v) is 5.14. The van der Waals surface area contributed by atoms with Gasteiger partial charge in [0.05, 0.1) is 12.0 Å². The van der Waals surface area contributed by atoms with Crippen molar-refractivity contribution in [3.8, 4) is 0 Å². The molecule has 1 saturated carbocycles. The summed E-state index contributed by atoms with van der Waals surface area (Å²) in [4.78, 5) is 24.8. The molecule has 0 saturated heterocycles. The zero-order valence-electron chi connectivity index (χ0n) is 15.7. The molecule has 0 radical (unpaired) electrons. The van der Waals surface area contributed by atoms with Crippen molar-refractivity contribution in [2.45, 2.75) is 24.7 Å². The van der Waals surface area contributed by atoms with Crippen molar-refractivity contribution in [2.24, 2.45) is 0 Å². The van der Waals surface area contributed by atoms with Gasteiger partial charge in [0.1, 0.15) is 6.61 Å². The molecule has 0 spiro atoms. The molecule has 2 aromatic rings. The minimum Gasteiger partial charge on any atom is -0.447 e. The van der Waals surface area contributed by atoms with Gasteiger partial charge >= 0.3 is 6.09 Å². The van der Waals surface area contributed by atoms with E-state index in [0.29, 0.717) is 23.0 Å². The highest BCUT2D eigenvalue weighted by molar-refractivity contribution is 6.30. The van der Waals surface area contributed by atoms with Gasteiger partial charge < -0.3 is 14.8 Å². The number of benzene rings is 2. The molecule has 28 heavy (non-hydrogen) atoms. The van der Waals surface area contributed by atoms with Gasteiger partial charge in [-0.1, -0.05) is 36.2 Å². The van der Waals surface area contributed by atoms with Crippen molar-refractivity contribution in [2.75, 3.05) is 31.0 Å². The zero-order valence-corrected chi connectivity index (χ0v) is 16.4. The summed E-state index contributed by atoms with van der Waals surface area (Å²) in [5, 5.41) is 6.23. The molecule has 2 aromatic carbocycles. The number of carbonyl (C=O) groups excluding carboxylic acids is 2. The van der Waals surface area contributed by atoms with E-state index < -0.39 is 11.5 Å². The van der Waals surface area contributed by atoms with E-state index in [9.17, 15) is 9.59 Å². The third-order valence-electron chi connectivity index (χ3n) is 4.91. The van der Waals surface area contributed by atoms with Crippen molar-refractivity contribution < 1.29 is 19.1 Å². The molecule has 6 nitrogen and oxygen atoms in total. The Morgan fingerprint density at radius 2 is 1.75 bits per heavy atom. The molecule has 1 fully saturated rings. The highest BCUT2D eigenvalue weighted by atomic mass is 35.5. The van der Waals surface area contributed by atoms with Crippen LogP contribution in [0.25, 0.3) is 0 Å². The van der Waals surface area contributed by atoms with Crippen molar-refractivity contribution in [1.29, 1.82) is 0 Å². The molecule has 2 N–H and O–H groups in total. The van der Waals surface area contributed by atoms with Gasteiger partial charge in [0.2, 0.25) is 5.91 Å². The topological polar surface area (TPSA) is 76.7 Å². The van der Waals surface area contributed by atoms with Gasteiger partial charge in [-0.3, -0.25) is 10.1 Å². The quantitative estimate of drug-likeness (QED) is 0.664. The first kappa shape index (κ1) is 20.2. The van der Waals surface area contributed by atoms with Crippen LogP contribution in [-0.2, 0) is 19.7 Å². The Labute approximate surface area is 169 Å². The average Bonchev–Trinajstić information content (AvgIpc) is 2.61. The van der Waals surface area contributed by atoms with Gasteiger partial charge in [0.25, 0.3) is 0 Å². The molecule has 148 valence electrons. The highest BCUT2D eigenvalue weighted by Gasteiger charge is 2.45. The summed E-state index contributed by atoms with van der Waals surface area (Å²) in [6, 6.07) is 14.4. The second kappa shape index (κ2) is 9.08. The van der Waals surface area contributed by atoms with E-state index in [1.807, 2.05) is 18.2 Å². The fraction of sp³-hybridized carbons (Fsp3) is 0.333. The van der Waals surface area contributed by atoms with Crippen LogP contribution >= 0.6 is 11.6 Å². The molecule has 0 unspecified atom stereocenters. The van der Waals surface area contributed by atoms with Crippen molar-refractivity contribution >= 4 is 35.0 Å². The summed E-state index contributed by atoms with van der Waals surface area (Å²) in [6.45, 7) is 0.496. The number of rotatable bonds is 7. The maximum absolute atomic E-state index is 13.1. The van der Waals surface area contributed by atoms with E-state index >= 15 is 0 Å². The van der Waals surface area contributed by atoms with E-state index in [1.54, 1.807) is 30.3 Å². The first-order valence-electron chi connectivity index (χ1n) is 9.14. The van der Waals surface area contributed by atoms with Crippen molar-refractivity contribution in [3.63, 3.8) is 0 Å². The van der Waals surface area contributed by atoms with Gasteiger partial charge in [0.15, 0.2) is 0 Å². The smallest absolute Gasteiger partial charge is 0.411 e. The van der Waals surface area contributed by atoms with Crippen LogP contribution in [0.3, 0.4) is 0 Å². The van der Waals surface area contributed by atoms with Crippen molar-refractivity contribution in [1.82, 2.24) is 0 Å². The summed E-state index contributed by atoms with van der Waals surface area (Å²) < 4.78 is 9.82. The maximum Gasteiger partial charge on any atom is 0.411 e. The number of nitrogens with one attached hydrogen (secondary N) is 2. The summed E-state index contributed by atoms with van der Waals surface area (Å²) in [7, 11) is 1.53. The van der Waals surface area contributed by atoms with Crippen molar-refractivity contribution in [3.05, 3.63) is 59.1 Å². The van der Waals surface area contributed by atoms with Crippen LogP contribution < -0.4 is 10.6 Å². The average molecular weight is 403 g/mol. The van der Waals surface area contributed by atoms with Crippen LogP contribution in [-0.4, -0.2) is 32.3 Å². The first-order chi connectivity index (χ1) is 13.5. The standard InChI is InChI=1S/C21H23ClN2O4/c1-27-11-12-28-20(26)24-18-8-3-7-17(14-18)23-19(25)21(9-4-10-21)15-5-2-6-16(22)13-15/h2-3,5-8,13-14H,4,9-12H2,1H3,(H,23,25)(H,24,26). The predicted octanol–water partition coefficient (Wildman–Crippen LogP) is 4.60. The monoisotopic (exact) mass is 402 g/mol. The van der Waals surface area contributed by atoms with Crippen LogP contribution in [0.2, 0.25) is 5.02 Å². The third kappa shape index (κ3) is 4.64. The number of methoxy groups -OCH3 is 1. The number of hydrogen-bond acceptors (Lipinski definition) is 4. The molecule has 1 aliphatic rings. The Kier molecular flexibility index (Phi) is 6.54. The SMILES string of the molecule is COCCOC(=O)Nc1cccc(NC(=O)C2(c3cccc(Cl)c3)CCC2)c1. The first-order valence-corrected chi connectivity index (χ1v) is 9.51. The lowest BCUT2D eigenvalue weighted by molar-refractivity contribution is -0.124. The van der Waals surface area contributed by atoms with Crippen LogP contribution in [0.1, 0.15) is 24.8 Å². The highest BCUT2D eigenvalue weighted by Crippen LogP contribution is 2.45. The molecule has 0 atom stereocenters. The fourth-order valence-corrected chi connectivity index (χ4v) is 3.45. The Hall–Kier alpha value is -2.57. The minimum atomic E-state index is -0.574. The second-order valence-electron chi connectivity index (χ2n) is 6.73. The Morgan fingerprint density at radius 1 is 1.04 bits per heavy atom. The molecule has 0 heterocycles. The molecule has 7 heteroatoms. The second-order valence-corrected chi connectivity index (χ2v) is 7.17. The van der Waals surface area contributed by atoms with Gasteiger partial charge in [0, 0.05) is 23.5 Å². The minimum absolute atomic E-state index is 0.0687. The molecule has 2 amide bonds. The van der Waals surface area contributed by atoms with E-state index in [-0.39, 0.29) is 12.5 Å². The lowest BCUT2D eigenvalue weighted by Crippen LogP contribution is -2.46. The van der Waals surface area contributed by atoms with Gasteiger partial charge in [-0.15, -0.1) is 0 Å². The number of carbonyl (C=O) groups is 2. The fourth-order valence-electron chi connectivity index (χ4n) is 3.26. The lowest BCUT2D eigenvalue weighted by Gasteiger charge is -2.40. The molecule has 0 bridgehead atoms. The molecule has 0 aliphatic heterocycles. The van der Waals surface area contributed by atoms with Gasteiger partial charge in [-0.25, -0.2) is 4.79 Å². The zero-order chi connectivity index (χ0) is 20.0. The Balaban J connectivity index is 1.68. The predicted molar refractivity (Wildman–Crippen MR) is 109 cm³/mol. The van der Waals surface area contributed by atoms with Gasteiger partial charge in [-0.2, -0.15) is 0 Å². The van der Waals surface area contributed by atoms with Crippen LogP contribution in [0.5, 0.6) is 0 Å². The number of ether oxygens (including phenoxy) is 2. The van der Waals surface area contributed by atoms with Crippen LogP contribution in [0.4, 0.5) is 16.2 Å². The van der Waals surface area contributed by atoms with Gasteiger partial charge in [-0.05, 0) is 48.7 Å². The summed E-state index contributed by atoms with van der Waals surface area (Å²) in [5.41, 5.74) is 1.51. The van der Waals surface area contributed by atoms with E-state index in [0.717, 1.165) is 24.8 Å². The van der Waals surface area contributed by atoms with Crippen LogP contribution in [0, 0.1) is 0 Å². The lowest BCUT2D eigenvalue weighted by atomic mass is 9.64. The molecular weight excluding hydrogens is 380 g/mol. The Bertz CT molecular complexity index is 852.